The van der Waals surface area contributed by atoms with Crippen molar-refractivity contribution in [1.29, 1.82) is 0 Å². The van der Waals surface area contributed by atoms with Gasteiger partial charge in [0.2, 0.25) is 5.88 Å². The van der Waals surface area contributed by atoms with Crippen molar-refractivity contribution < 1.29 is 28.5 Å². The number of thiophene rings is 1. The molecule has 0 amide bonds. The van der Waals surface area contributed by atoms with E-state index < -0.39 is 28.7 Å². The summed E-state index contributed by atoms with van der Waals surface area (Å²) < 4.78 is 32.3. The lowest BCUT2D eigenvalue weighted by atomic mass is 10.1. The molecule has 2 N–H and O–H groups in total. The Morgan fingerprint density at radius 1 is 1.14 bits per heavy atom. The minimum atomic E-state index is -1.34. The smallest absolute Gasteiger partial charge is 0.346 e. The van der Waals surface area contributed by atoms with Crippen molar-refractivity contribution in [2.24, 2.45) is 0 Å². The highest BCUT2D eigenvalue weighted by Crippen LogP contribution is 2.34. The lowest BCUT2D eigenvalue weighted by Gasteiger charge is -2.15. The van der Waals surface area contributed by atoms with Crippen molar-refractivity contribution in [3.63, 3.8) is 0 Å². The summed E-state index contributed by atoms with van der Waals surface area (Å²) in [7, 11) is 2.83. The molecule has 5 rings (SSSR count). The fourth-order valence-corrected chi connectivity index (χ4v) is 4.91. The first-order valence-corrected chi connectivity index (χ1v) is 11.6. The molecule has 0 unspecified atom stereocenters. The van der Waals surface area contributed by atoms with Gasteiger partial charge in [-0.2, -0.15) is 0 Å². The molecule has 3 aromatic heterocycles. The van der Waals surface area contributed by atoms with Gasteiger partial charge in [0.05, 0.1) is 36.2 Å². The molecule has 0 fully saturated rings. The highest BCUT2D eigenvalue weighted by molar-refractivity contribution is 7.13. The summed E-state index contributed by atoms with van der Waals surface area (Å²) >= 11 is 0.784. The van der Waals surface area contributed by atoms with Crippen LogP contribution in [0.1, 0.15) is 15.2 Å². The van der Waals surface area contributed by atoms with Gasteiger partial charge < -0.3 is 24.3 Å². The maximum Gasteiger partial charge on any atom is 0.346 e. The number of aromatic amines is 1. The van der Waals surface area contributed by atoms with Crippen molar-refractivity contribution in [1.82, 2.24) is 14.5 Å². The third kappa shape index (κ3) is 4.06. The van der Waals surface area contributed by atoms with Crippen LogP contribution in [0.2, 0.25) is 0 Å². The Labute approximate surface area is 211 Å². The second-order valence-electron chi connectivity index (χ2n) is 7.81. The van der Waals surface area contributed by atoms with Gasteiger partial charge in [0.15, 0.2) is 17.3 Å². The van der Waals surface area contributed by atoms with Crippen LogP contribution < -0.4 is 25.5 Å². The van der Waals surface area contributed by atoms with Crippen LogP contribution in [0.25, 0.3) is 27.4 Å². The van der Waals surface area contributed by atoms with E-state index in [0.717, 1.165) is 39.8 Å². The number of halogens is 1. The topological polar surface area (TPSA) is 133 Å². The second kappa shape index (κ2) is 9.39. The number of hydrogen-bond donors (Lipinski definition) is 2. The first-order valence-electron chi connectivity index (χ1n) is 10.7. The van der Waals surface area contributed by atoms with Gasteiger partial charge in [-0.15, -0.1) is 11.3 Å². The Bertz CT molecular complexity index is 1800. The fourth-order valence-electron chi connectivity index (χ4n) is 4.08. The van der Waals surface area contributed by atoms with E-state index in [9.17, 15) is 19.5 Å². The number of fused-ring (bicyclic) bond motifs is 2. The van der Waals surface area contributed by atoms with Crippen molar-refractivity contribution in [2.45, 2.75) is 6.61 Å². The first-order chi connectivity index (χ1) is 17.8. The number of rotatable bonds is 7. The number of nitrogens with one attached hydrogen (secondary N) is 1. The van der Waals surface area contributed by atoms with Crippen molar-refractivity contribution in [3.05, 3.63) is 85.1 Å². The zero-order valence-corrected chi connectivity index (χ0v) is 20.2. The molecular weight excluding hydrogens is 505 g/mol. The number of aromatic carboxylic acids is 1. The molecule has 0 radical (unpaired) electrons. The van der Waals surface area contributed by atoms with Gasteiger partial charge in [-0.3, -0.25) is 4.79 Å². The van der Waals surface area contributed by atoms with Gasteiger partial charge in [-0.1, -0.05) is 18.2 Å². The Morgan fingerprint density at radius 2 is 1.95 bits per heavy atom. The number of carboxylic acid groups (broad SMARTS) is 1. The van der Waals surface area contributed by atoms with Gasteiger partial charge in [0.1, 0.15) is 11.5 Å². The van der Waals surface area contributed by atoms with Crippen LogP contribution >= 0.6 is 11.3 Å². The number of hydrogen-bond acceptors (Lipinski definition) is 8. The molecule has 37 heavy (non-hydrogen) atoms. The Hall–Kier alpha value is -4.71. The standard InChI is InChI=1S/C25H18FN3O7S/c1-34-17-8-14(26)16(29-23(30)20-15(28-25(29)33)11-37-21(20)24(31)32)9-18(17)36-10-13-5-3-4-12-6-7-27-22(35-2)19(12)13/h3-9,11H,10H2,1-2H3,(H,28,33)(H,31,32). The summed E-state index contributed by atoms with van der Waals surface area (Å²) in [5, 5.41) is 12.1. The van der Waals surface area contributed by atoms with Gasteiger partial charge in [0, 0.05) is 29.3 Å². The summed E-state index contributed by atoms with van der Waals surface area (Å²) in [6.07, 6.45) is 1.62. The number of ether oxygens (including phenoxy) is 3. The first kappa shape index (κ1) is 24.0. The van der Waals surface area contributed by atoms with Gasteiger partial charge in [-0.05, 0) is 11.5 Å². The van der Waals surface area contributed by atoms with E-state index in [1.807, 2.05) is 24.3 Å². The van der Waals surface area contributed by atoms with E-state index in [2.05, 4.69) is 9.97 Å². The summed E-state index contributed by atoms with van der Waals surface area (Å²) in [6.45, 7) is -0.00118. The molecule has 0 aliphatic carbocycles. The number of carbonyl (C=O) groups is 1. The van der Waals surface area contributed by atoms with Crippen LogP contribution in [0.15, 0.2) is 57.6 Å². The third-order valence-corrected chi connectivity index (χ3v) is 6.71. The van der Waals surface area contributed by atoms with Crippen LogP contribution in [0.4, 0.5) is 4.39 Å². The van der Waals surface area contributed by atoms with E-state index in [0.29, 0.717) is 10.4 Å². The average Bonchev–Trinajstić information content (AvgIpc) is 3.32. The number of H-pyrrole nitrogens is 1. The number of aromatic nitrogens is 3. The fraction of sp³-hybridized carbons (Fsp3) is 0.120. The van der Waals surface area contributed by atoms with Crippen LogP contribution in [0.3, 0.4) is 0 Å². The zero-order chi connectivity index (χ0) is 26.3. The van der Waals surface area contributed by atoms with E-state index in [1.165, 1.54) is 19.6 Å². The van der Waals surface area contributed by atoms with Crippen molar-refractivity contribution in [2.75, 3.05) is 14.2 Å². The largest absolute Gasteiger partial charge is 0.493 e. The van der Waals surface area contributed by atoms with E-state index in [4.69, 9.17) is 14.2 Å². The van der Waals surface area contributed by atoms with Crippen LogP contribution in [0, 0.1) is 5.82 Å². The summed E-state index contributed by atoms with van der Waals surface area (Å²) in [5.41, 5.74) is -1.57. The highest BCUT2D eigenvalue weighted by atomic mass is 32.1. The van der Waals surface area contributed by atoms with Gasteiger partial charge in [0.25, 0.3) is 5.56 Å². The molecular formula is C25H18FN3O7S. The Morgan fingerprint density at radius 3 is 2.68 bits per heavy atom. The molecule has 0 saturated heterocycles. The summed E-state index contributed by atoms with van der Waals surface area (Å²) in [4.78, 5) is 43.9. The summed E-state index contributed by atoms with van der Waals surface area (Å²) in [6, 6.07) is 9.51. The SMILES string of the molecule is COc1cc(F)c(-n2c(=O)[nH]c3csc(C(=O)O)c3c2=O)cc1OCc1cccc2ccnc(OC)c12. The minimum absolute atomic E-state index is 0.00118. The molecule has 0 aliphatic heterocycles. The van der Waals surface area contributed by atoms with Crippen molar-refractivity contribution >= 4 is 39.0 Å². The molecule has 0 saturated carbocycles. The Balaban J connectivity index is 1.62. The minimum Gasteiger partial charge on any atom is -0.493 e. The molecule has 0 atom stereocenters. The number of pyridine rings is 1. The molecule has 10 nitrogen and oxygen atoms in total. The van der Waals surface area contributed by atoms with Gasteiger partial charge in [-0.25, -0.2) is 23.5 Å². The molecule has 2 aromatic carbocycles. The predicted molar refractivity (Wildman–Crippen MR) is 134 cm³/mol. The molecule has 3 heterocycles. The van der Waals surface area contributed by atoms with Crippen LogP contribution in [-0.2, 0) is 6.61 Å². The molecule has 0 spiro atoms. The molecule has 0 aliphatic rings. The van der Waals surface area contributed by atoms with E-state index >= 15 is 4.39 Å². The molecule has 12 heteroatoms. The monoisotopic (exact) mass is 523 g/mol. The maximum absolute atomic E-state index is 15.1. The number of nitrogens with zero attached hydrogens (tertiary/aromatic N) is 2. The third-order valence-electron chi connectivity index (χ3n) is 5.74. The highest BCUT2D eigenvalue weighted by Gasteiger charge is 2.22. The number of benzene rings is 2. The second-order valence-corrected chi connectivity index (χ2v) is 8.69. The summed E-state index contributed by atoms with van der Waals surface area (Å²) in [5.74, 6) is -1.80. The molecule has 0 bridgehead atoms. The van der Waals surface area contributed by atoms with E-state index in [-0.39, 0.29) is 33.9 Å². The number of carboxylic acids is 1. The Kier molecular flexibility index (Phi) is 6.09. The predicted octanol–water partition coefficient (Wildman–Crippen LogP) is 3.72. The lowest BCUT2D eigenvalue weighted by Crippen LogP contribution is -2.34. The normalized spacial score (nSPS) is 11.1. The van der Waals surface area contributed by atoms with Crippen LogP contribution in [-0.4, -0.2) is 39.8 Å². The van der Waals surface area contributed by atoms with Crippen molar-refractivity contribution in [3.8, 4) is 23.1 Å². The molecule has 188 valence electrons. The average molecular weight is 523 g/mol. The maximum atomic E-state index is 15.1. The number of methoxy groups -OCH3 is 2. The molecule has 5 aromatic rings. The zero-order valence-electron chi connectivity index (χ0n) is 19.4. The van der Waals surface area contributed by atoms with Crippen LogP contribution in [0.5, 0.6) is 17.4 Å². The quantitative estimate of drug-likeness (QED) is 0.330. The lowest BCUT2D eigenvalue weighted by molar-refractivity contribution is 0.0704. The van der Waals surface area contributed by atoms with Gasteiger partial charge >= 0.3 is 11.7 Å². The van der Waals surface area contributed by atoms with E-state index in [1.54, 1.807) is 6.20 Å².